The molecule has 1 amide bonds. The van der Waals surface area contributed by atoms with Crippen molar-refractivity contribution in [3.05, 3.63) is 65.0 Å². The molecule has 2 aromatic carbocycles. The van der Waals surface area contributed by atoms with Gasteiger partial charge in [0.05, 0.1) is 18.8 Å². The molecule has 198 valence electrons. The fourth-order valence-electron chi connectivity index (χ4n) is 4.44. The molecule has 3 rings (SSSR count). The number of hydrogen-bond donors (Lipinski definition) is 3. The molecular formula is C29H41FN2O4. The summed E-state index contributed by atoms with van der Waals surface area (Å²) in [5.41, 5.74) is 2.50. The molecule has 6 nitrogen and oxygen atoms in total. The van der Waals surface area contributed by atoms with Crippen LogP contribution in [0.5, 0.6) is 5.75 Å². The summed E-state index contributed by atoms with van der Waals surface area (Å²) in [6.45, 7) is 12.8. The van der Waals surface area contributed by atoms with E-state index in [2.05, 4.69) is 43.5 Å². The van der Waals surface area contributed by atoms with Crippen LogP contribution < -0.4 is 15.4 Å². The Morgan fingerprint density at radius 1 is 1.14 bits per heavy atom. The SMILES string of the molecule is CC(C)(C)Cc1ccc2c(c1)C(NC[C@@H](O)[C@H](Cc1cccc(F)c1)NC(=O)OC(C)(C)C)CCO2. The Bertz CT molecular complexity index is 1030. The van der Waals surface area contributed by atoms with E-state index in [0.29, 0.717) is 12.2 Å². The molecule has 7 heteroatoms. The number of carbonyl (C=O) groups excluding carboxylic acids is 1. The average Bonchev–Trinajstić information content (AvgIpc) is 2.74. The highest BCUT2D eigenvalue weighted by atomic mass is 19.1. The van der Waals surface area contributed by atoms with Gasteiger partial charge in [0.15, 0.2) is 0 Å². The molecule has 0 aromatic heterocycles. The number of hydrogen-bond acceptors (Lipinski definition) is 5. The Morgan fingerprint density at radius 3 is 2.56 bits per heavy atom. The minimum Gasteiger partial charge on any atom is -0.493 e. The van der Waals surface area contributed by atoms with Crippen molar-refractivity contribution in [1.29, 1.82) is 0 Å². The number of alkyl carbamates (subject to hydrolysis) is 1. The van der Waals surface area contributed by atoms with Crippen LogP contribution in [0.1, 0.15) is 70.7 Å². The van der Waals surface area contributed by atoms with Crippen molar-refractivity contribution in [2.45, 2.75) is 84.6 Å². The van der Waals surface area contributed by atoms with E-state index in [9.17, 15) is 14.3 Å². The third kappa shape index (κ3) is 8.79. The van der Waals surface area contributed by atoms with Crippen molar-refractivity contribution in [3.63, 3.8) is 0 Å². The lowest BCUT2D eigenvalue weighted by atomic mass is 9.86. The maximum atomic E-state index is 13.8. The monoisotopic (exact) mass is 500 g/mol. The van der Waals surface area contributed by atoms with Crippen molar-refractivity contribution in [2.24, 2.45) is 5.41 Å². The highest BCUT2D eigenvalue weighted by Gasteiger charge is 2.28. The zero-order chi connectivity index (χ0) is 26.5. The van der Waals surface area contributed by atoms with E-state index in [0.717, 1.165) is 24.2 Å². The molecule has 1 unspecified atom stereocenters. The number of amides is 1. The van der Waals surface area contributed by atoms with Gasteiger partial charge in [-0.25, -0.2) is 9.18 Å². The van der Waals surface area contributed by atoms with Gasteiger partial charge in [-0.2, -0.15) is 0 Å². The molecular weight excluding hydrogens is 459 g/mol. The quantitative estimate of drug-likeness (QED) is 0.457. The summed E-state index contributed by atoms with van der Waals surface area (Å²) >= 11 is 0. The number of fused-ring (bicyclic) bond motifs is 1. The highest BCUT2D eigenvalue weighted by Crippen LogP contribution is 2.34. The molecule has 1 aliphatic rings. The molecule has 1 aliphatic heterocycles. The maximum absolute atomic E-state index is 13.8. The van der Waals surface area contributed by atoms with Crippen molar-refractivity contribution >= 4 is 6.09 Å². The van der Waals surface area contributed by atoms with Crippen LogP contribution in [0.4, 0.5) is 9.18 Å². The normalized spacial score (nSPS) is 17.5. The minimum atomic E-state index is -0.926. The lowest BCUT2D eigenvalue weighted by molar-refractivity contribution is 0.0418. The Kier molecular flexibility index (Phi) is 9.01. The lowest BCUT2D eigenvalue weighted by Crippen LogP contribution is -2.50. The first-order chi connectivity index (χ1) is 16.8. The number of ether oxygens (including phenoxy) is 2. The molecule has 3 N–H and O–H groups in total. The predicted molar refractivity (Wildman–Crippen MR) is 140 cm³/mol. The zero-order valence-corrected chi connectivity index (χ0v) is 22.4. The number of nitrogens with one attached hydrogen (secondary N) is 2. The second-order valence-corrected chi connectivity index (χ2v) is 11.9. The molecule has 0 saturated heterocycles. The standard InChI is InChI=1S/C29H41FN2O4/c1-28(2,3)17-20-10-11-26-22(15-20)23(12-13-35-26)31-18-25(33)24(32-27(34)36-29(4,5)6)16-19-8-7-9-21(30)14-19/h7-11,14-15,23-25,31,33H,12-13,16-18H2,1-6H3,(H,32,34)/t23?,24-,25+/m0/s1. The molecule has 36 heavy (non-hydrogen) atoms. The molecule has 2 aromatic rings. The largest absolute Gasteiger partial charge is 0.493 e. The summed E-state index contributed by atoms with van der Waals surface area (Å²) in [6.07, 6.45) is 0.439. The van der Waals surface area contributed by atoms with Crippen LogP contribution in [-0.2, 0) is 17.6 Å². The molecule has 0 fully saturated rings. The maximum Gasteiger partial charge on any atom is 0.407 e. The topological polar surface area (TPSA) is 79.8 Å². The molecule has 0 bridgehead atoms. The van der Waals surface area contributed by atoms with Crippen LogP contribution in [0.3, 0.4) is 0 Å². The van der Waals surface area contributed by atoms with Gasteiger partial charge in [0.1, 0.15) is 17.2 Å². The third-order valence-electron chi connectivity index (χ3n) is 5.93. The fraction of sp³-hybridized carbons (Fsp3) is 0.552. The first-order valence-electron chi connectivity index (χ1n) is 12.7. The minimum absolute atomic E-state index is 0.0136. The van der Waals surface area contributed by atoms with Crippen LogP contribution in [0, 0.1) is 11.2 Å². The van der Waals surface area contributed by atoms with Crippen LogP contribution >= 0.6 is 0 Å². The van der Waals surface area contributed by atoms with Crippen LogP contribution in [-0.4, -0.2) is 42.1 Å². The van der Waals surface area contributed by atoms with Crippen molar-refractivity contribution in [3.8, 4) is 5.75 Å². The number of halogens is 1. The first-order valence-corrected chi connectivity index (χ1v) is 12.7. The number of aliphatic hydroxyl groups is 1. The van der Waals surface area contributed by atoms with Gasteiger partial charge in [0.2, 0.25) is 0 Å². The number of aliphatic hydroxyl groups excluding tert-OH is 1. The van der Waals surface area contributed by atoms with Gasteiger partial charge in [-0.3, -0.25) is 0 Å². The van der Waals surface area contributed by atoms with Crippen molar-refractivity contribution in [2.75, 3.05) is 13.2 Å². The van der Waals surface area contributed by atoms with Gasteiger partial charge >= 0.3 is 6.09 Å². The van der Waals surface area contributed by atoms with Crippen molar-refractivity contribution < 1.29 is 23.8 Å². The van der Waals surface area contributed by atoms with Gasteiger partial charge in [-0.15, -0.1) is 0 Å². The van der Waals surface area contributed by atoms with Crippen LogP contribution in [0.15, 0.2) is 42.5 Å². The lowest BCUT2D eigenvalue weighted by Gasteiger charge is -2.31. The second kappa shape index (κ2) is 11.6. The van der Waals surface area contributed by atoms with E-state index in [1.165, 1.54) is 17.7 Å². The van der Waals surface area contributed by atoms with Crippen molar-refractivity contribution in [1.82, 2.24) is 10.6 Å². The molecule has 0 spiro atoms. The van der Waals surface area contributed by atoms with Gasteiger partial charge in [-0.1, -0.05) is 45.0 Å². The Morgan fingerprint density at radius 2 is 1.89 bits per heavy atom. The molecule has 1 heterocycles. The predicted octanol–water partition coefficient (Wildman–Crippen LogP) is 5.32. The Balaban J connectivity index is 1.72. The fourth-order valence-corrected chi connectivity index (χ4v) is 4.44. The van der Waals surface area contributed by atoms with E-state index in [-0.39, 0.29) is 30.2 Å². The molecule has 0 aliphatic carbocycles. The summed E-state index contributed by atoms with van der Waals surface area (Å²) in [6, 6.07) is 11.8. The summed E-state index contributed by atoms with van der Waals surface area (Å²) in [4.78, 5) is 12.5. The van der Waals surface area contributed by atoms with E-state index in [1.807, 2.05) is 6.07 Å². The third-order valence-corrected chi connectivity index (χ3v) is 5.93. The van der Waals surface area contributed by atoms with Crippen LogP contribution in [0.2, 0.25) is 0 Å². The molecule has 0 saturated carbocycles. The summed E-state index contributed by atoms with van der Waals surface area (Å²) in [5.74, 6) is 0.495. The van der Waals surface area contributed by atoms with Gasteiger partial charge in [-0.05, 0) is 68.4 Å². The summed E-state index contributed by atoms with van der Waals surface area (Å²) < 4.78 is 25.0. The van der Waals surface area contributed by atoms with E-state index < -0.39 is 23.8 Å². The first kappa shape index (κ1) is 27.9. The average molecular weight is 501 g/mol. The summed E-state index contributed by atoms with van der Waals surface area (Å²) in [5, 5.41) is 17.4. The van der Waals surface area contributed by atoms with Gasteiger partial charge in [0.25, 0.3) is 0 Å². The Labute approximate surface area is 214 Å². The van der Waals surface area contributed by atoms with E-state index in [4.69, 9.17) is 9.47 Å². The number of benzene rings is 2. The number of rotatable bonds is 8. The zero-order valence-electron chi connectivity index (χ0n) is 22.4. The smallest absolute Gasteiger partial charge is 0.407 e. The Hall–Kier alpha value is -2.64. The van der Waals surface area contributed by atoms with Gasteiger partial charge in [0, 0.05) is 24.6 Å². The highest BCUT2D eigenvalue weighted by molar-refractivity contribution is 5.68. The second-order valence-electron chi connectivity index (χ2n) is 11.9. The number of carbonyl (C=O) groups is 1. The van der Waals surface area contributed by atoms with Gasteiger partial charge < -0.3 is 25.2 Å². The van der Waals surface area contributed by atoms with E-state index >= 15 is 0 Å². The molecule has 0 radical (unpaired) electrons. The molecule has 3 atom stereocenters. The summed E-state index contributed by atoms with van der Waals surface area (Å²) in [7, 11) is 0. The van der Waals surface area contributed by atoms with Crippen LogP contribution in [0.25, 0.3) is 0 Å². The van der Waals surface area contributed by atoms with E-state index in [1.54, 1.807) is 32.9 Å².